The normalized spacial score (nSPS) is 11.2. The number of nitrogens with one attached hydrogen (secondary N) is 2. The Hall–Kier alpha value is -3.20. The summed E-state index contributed by atoms with van der Waals surface area (Å²) in [5, 5.41) is 5.62. The van der Waals surface area contributed by atoms with Gasteiger partial charge in [0, 0.05) is 27.2 Å². The minimum Gasteiger partial charge on any atom is -0.298 e. The highest BCUT2D eigenvalue weighted by Gasteiger charge is 2.15. The number of carbonyl (C=O) groups is 1. The van der Waals surface area contributed by atoms with Crippen molar-refractivity contribution in [1.29, 1.82) is 0 Å². The van der Waals surface area contributed by atoms with Crippen LogP contribution in [-0.2, 0) is 16.4 Å². The van der Waals surface area contributed by atoms with Crippen LogP contribution in [0.25, 0.3) is 11.3 Å². The number of hydrogen-bond acceptors (Lipinski definition) is 5. The Morgan fingerprint density at radius 2 is 1.64 bits per heavy atom. The molecule has 0 fully saturated rings. The molecule has 0 unspecified atom stereocenters. The molecule has 0 saturated heterocycles. The molecule has 0 saturated carbocycles. The van der Waals surface area contributed by atoms with Crippen molar-refractivity contribution in [2.75, 3.05) is 10.0 Å². The first-order valence-electron chi connectivity index (χ1n) is 10.1. The van der Waals surface area contributed by atoms with Gasteiger partial charge in [-0.15, -0.1) is 11.3 Å². The Morgan fingerprint density at radius 3 is 2.27 bits per heavy atom. The smallest absolute Gasteiger partial charge is 0.261 e. The lowest BCUT2D eigenvalue weighted by atomic mass is 10.1. The van der Waals surface area contributed by atoms with Gasteiger partial charge in [-0.3, -0.25) is 14.8 Å². The summed E-state index contributed by atoms with van der Waals surface area (Å²) in [4.78, 5) is 17.2. The highest BCUT2D eigenvalue weighted by Crippen LogP contribution is 2.26. The molecule has 2 N–H and O–H groups in total. The molecular weight excluding hydrogens is 478 g/mol. The highest BCUT2D eigenvalue weighted by atomic mass is 35.5. The number of rotatable bonds is 7. The number of sulfonamides is 1. The third-order valence-corrected chi connectivity index (χ3v) is 7.31. The van der Waals surface area contributed by atoms with Crippen LogP contribution in [0.3, 0.4) is 0 Å². The summed E-state index contributed by atoms with van der Waals surface area (Å²) in [5.41, 5.74) is 3.76. The highest BCUT2D eigenvalue weighted by molar-refractivity contribution is 7.92. The van der Waals surface area contributed by atoms with Crippen molar-refractivity contribution in [1.82, 2.24) is 4.98 Å². The number of aryl methyl sites for hydroxylation is 1. The Kier molecular flexibility index (Phi) is 6.78. The summed E-state index contributed by atoms with van der Waals surface area (Å²) in [7, 11) is -3.76. The fourth-order valence-electron chi connectivity index (χ4n) is 3.06. The van der Waals surface area contributed by atoms with Crippen LogP contribution in [0.4, 0.5) is 10.8 Å². The van der Waals surface area contributed by atoms with Crippen LogP contribution in [0.2, 0.25) is 5.02 Å². The zero-order valence-corrected chi connectivity index (χ0v) is 20.0. The molecule has 0 aliphatic heterocycles. The van der Waals surface area contributed by atoms with E-state index in [-0.39, 0.29) is 10.8 Å². The van der Waals surface area contributed by atoms with Gasteiger partial charge in [-0.05, 0) is 60.5 Å². The Labute approximate surface area is 201 Å². The number of anilines is 2. The van der Waals surface area contributed by atoms with E-state index in [0.717, 1.165) is 17.7 Å². The minimum absolute atomic E-state index is 0.0950. The number of thiazole rings is 1. The quantitative estimate of drug-likeness (QED) is 0.324. The second kappa shape index (κ2) is 9.74. The summed E-state index contributed by atoms with van der Waals surface area (Å²) >= 11 is 7.16. The van der Waals surface area contributed by atoms with Crippen molar-refractivity contribution in [3.05, 3.63) is 94.3 Å². The van der Waals surface area contributed by atoms with E-state index in [4.69, 9.17) is 11.6 Å². The Morgan fingerprint density at radius 1 is 0.970 bits per heavy atom. The van der Waals surface area contributed by atoms with Crippen molar-refractivity contribution in [2.45, 2.75) is 18.2 Å². The van der Waals surface area contributed by atoms with Gasteiger partial charge in [0.15, 0.2) is 5.13 Å². The number of hydrogen-bond donors (Lipinski definition) is 2. The van der Waals surface area contributed by atoms with Gasteiger partial charge in [-0.2, -0.15) is 0 Å². The van der Waals surface area contributed by atoms with Crippen LogP contribution in [0.1, 0.15) is 22.8 Å². The van der Waals surface area contributed by atoms with E-state index in [1.165, 1.54) is 53.3 Å². The van der Waals surface area contributed by atoms with Gasteiger partial charge in [-0.1, -0.05) is 42.8 Å². The lowest BCUT2D eigenvalue weighted by molar-refractivity contribution is 0.102. The van der Waals surface area contributed by atoms with Gasteiger partial charge in [-0.25, -0.2) is 13.4 Å². The third-order valence-electron chi connectivity index (χ3n) is 4.91. The summed E-state index contributed by atoms with van der Waals surface area (Å²) in [5.74, 6) is -0.329. The molecule has 3 aromatic carbocycles. The number of carbonyl (C=O) groups excluding carboxylic acids is 1. The van der Waals surface area contributed by atoms with E-state index in [1.54, 1.807) is 12.1 Å². The van der Waals surface area contributed by atoms with Crippen LogP contribution >= 0.6 is 22.9 Å². The zero-order chi connectivity index (χ0) is 23.4. The molecular formula is C24H20ClN3O3S2. The van der Waals surface area contributed by atoms with Crippen molar-refractivity contribution < 1.29 is 13.2 Å². The molecule has 168 valence electrons. The summed E-state index contributed by atoms with van der Waals surface area (Å²) < 4.78 is 27.5. The second-order valence-electron chi connectivity index (χ2n) is 7.18. The number of nitrogens with zero attached hydrogens (tertiary/aromatic N) is 1. The minimum atomic E-state index is -3.76. The van der Waals surface area contributed by atoms with E-state index in [9.17, 15) is 13.2 Å². The molecule has 0 aliphatic rings. The molecule has 1 aromatic heterocycles. The van der Waals surface area contributed by atoms with Crippen molar-refractivity contribution in [3.8, 4) is 11.3 Å². The number of halogens is 1. The van der Waals surface area contributed by atoms with Gasteiger partial charge < -0.3 is 0 Å². The van der Waals surface area contributed by atoms with Crippen LogP contribution in [0.15, 0.2) is 83.1 Å². The standard InChI is InChI=1S/C24H20ClN3O3S2/c1-2-16-3-5-17(6-4-16)22-15-32-24(26-22)27-23(29)18-7-11-20(12-8-18)28-33(30,31)21-13-9-19(25)10-14-21/h3-15,28H,2H2,1H3,(H,26,27,29). The molecule has 4 rings (SSSR count). The molecule has 0 radical (unpaired) electrons. The van der Waals surface area contributed by atoms with Gasteiger partial charge in [0.1, 0.15) is 0 Å². The predicted molar refractivity (Wildman–Crippen MR) is 134 cm³/mol. The molecule has 0 atom stereocenters. The van der Waals surface area contributed by atoms with E-state index < -0.39 is 10.0 Å². The average molecular weight is 498 g/mol. The molecule has 9 heteroatoms. The molecule has 1 heterocycles. The third kappa shape index (κ3) is 5.60. The monoisotopic (exact) mass is 497 g/mol. The van der Waals surface area contributed by atoms with Gasteiger partial charge >= 0.3 is 0 Å². The van der Waals surface area contributed by atoms with Crippen LogP contribution < -0.4 is 10.0 Å². The summed E-state index contributed by atoms with van der Waals surface area (Å²) in [6, 6.07) is 20.2. The van der Waals surface area contributed by atoms with Crippen molar-refractivity contribution >= 4 is 49.7 Å². The maximum absolute atomic E-state index is 12.6. The molecule has 1 amide bonds. The lowest BCUT2D eigenvalue weighted by Gasteiger charge is -2.09. The first-order chi connectivity index (χ1) is 15.8. The maximum Gasteiger partial charge on any atom is 0.261 e. The predicted octanol–water partition coefficient (Wildman–Crippen LogP) is 6.08. The average Bonchev–Trinajstić information content (AvgIpc) is 3.28. The largest absolute Gasteiger partial charge is 0.298 e. The lowest BCUT2D eigenvalue weighted by Crippen LogP contribution is -2.14. The fourth-order valence-corrected chi connectivity index (χ4v) is 4.96. The first-order valence-corrected chi connectivity index (χ1v) is 12.8. The van der Waals surface area contributed by atoms with Gasteiger partial charge in [0.05, 0.1) is 10.6 Å². The topological polar surface area (TPSA) is 88.2 Å². The molecule has 6 nitrogen and oxygen atoms in total. The SMILES string of the molecule is CCc1ccc(-c2csc(NC(=O)c3ccc(NS(=O)(=O)c4ccc(Cl)cc4)cc3)n2)cc1. The molecule has 0 aliphatic carbocycles. The zero-order valence-electron chi connectivity index (χ0n) is 17.6. The van der Waals surface area contributed by atoms with Crippen LogP contribution in [0.5, 0.6) is 0 Å². The van der Waals surface area contributed by atoms with E-state index in [2.05, 4.69) is 34.1 Å². The molecule has 4 aromatic rings. The second-order valence-corrected chi connectivity index (χ2v) is 10.2. The van der Waals surface area contributed by atoms with Crippen molar-refractivity contribution in [2.24, 2.45) is 0 Å². The number of aromatic nitrogens is 1. The number of benzene rings is 3. The molecule has 0 spiro atoms. The maximum atomic E-state index is 12.6. The Balaban J connectivity index is 1.41. The van der Waals surface area contributed by atoms with E-state index in [1.807, 2.05) is 17.5 Å². The summed E-state index contributed by atoms with van der Waals surface area (Å²) in [6.45, 7) is 2.10. The molecule has 0 bridgehead atoms. The van der Waals surface area contributed by atoms with Crippen LogP contribution in [0, 0.1) is 0 Å². The van der Waals surface area contributed by atoms with E-state index >= 15 is 0 Å². The fraction of sp³-hybridized carbons (Fsp3) is 0.0833. The van der Waals surface area contributed by atoms with Crippen molar-refractivity contribution in [3.63, 3.8) is 0 Å². The van der Waals surface area contributed by atoms with Gasteiger partial charge in [0.2, 0.25) is 0 Å². The molecule has 33 heavy (non-hydrogen) atoms. The van der Waals surface area contributed by atoms with Crippen LogP contribution in [-0.4, -0.2) is 19.3 Å². The Bertz CT molecular complexity index is 1370. The van der Waals surface area contributed by atoms with E-state index in [0.29, 0.717) is 21.4 Å². The first kappa shape index (κ1) is 23.0. The van der Waals surface area contributed by atoms with Gasteiger partial charge in [0.25, 0.3) is 15.9 Å². The summed E-state index contributed by atoms with van der Waals surface area (Å²) in [6.07, 6.45) is 0.972. The number of amides is 1.